The van der Waals surface area contributed by atoms with Crippen molar-refractivity contribution in [3.8, 4) is 5.69 Å². The first kappa shape index (κ1) is 11.7. The Morgan fingerprint density at radius 1 is 1.53 bits per heavy atom. The minimum absolute atomic E-state index is 0.124. The molecule has 4 nitrogen and oxygen atoms in total. The van der Waals surface area contributed by atoms with Gasteiger partial charge in [-0.15, -0.1) is 0 Å². The van der Waals surface area contributed by atoms with Crippen LogP contribution in [0.1, 0.15) is 17.3 Å². The maximum Gasteiger partial charge on any atom is 0.254 e. The topological polar surface area (TPSA) is 46.9 Å². The normalized spacial score (nSPS) is 10.2. The smallest absolute Gasteiger partial charge is 0.254 e. The molecule has 0 aliphatic carbocycles. The highest BCUT2D eigenvalue weighted by molar-refractivity contribution is 6.30. The van der Waals surface area contributed by atoms with Crippen LogP contribution in [0, 0.1) is 0 Å². The van der Waals surface area contributed by atoms with Crippen molar-refractivity contribution >= 4 is 17.5 Å². The van der Waals surface area contributed by atoms with Crippen molar-refractivity contribution in [2.45, 2.75) is 6.92 Å². The summed E-state index contributed by atoms with van der Waals surface area (Å²) in [5.74, 6) is -0.124. The maximum atomic E-state index is 11.6. The molecule has 5 heteroatoms. The first-order valence-electron chi connectivity index (χ1n) is 5.29. The number of halogens is 1. The first-order valence-corrected chi connectivity index (χ1v) is 5.67. The van der Waals surface area contributed by atoms with Crippen LogP contribution in [0.2, 0.25) is 5.02 Å². The third-order valence-electron chi connectivity index (χ3n) is 2.25. The largest absolute Gasteiger partial charge is 0.352 e. The van der Waals surface area contributed by atoms with Crippen molar-refractivity contribution < 1.29 is 4.79 Å². The van der Waals surface area contributed by atoms with Crippen molar-refractivity contribution in [2.75, 3.05) is 6.54 Å². The van der Waals surface area contributed by atoms with Gasteiger partial charge >= 0.3 is 0 Å². The average molecular weight is 250 g/mol. The number of benzene rings is 1. The van der Waals surface area contributed by atoms with Crippen LogP contribution in [0.15, 0.2) is 36.7 Å². The van der Waals surface area contributed by atoms with Crippen molar-refractivity contribution in [3.63, 3.8) is 0 Å². The van der Waals surface area contributed by atoms with Crippen LogP contribution in [0.3, 0.4) is 0 Å². The highest BCUT2D eigenvalue weighted by atomic mass is 35.5. The summed E-state index contributed by atoms with van der Waals surface area (Å²) in [6.07, 6.45) is 3.21. The second-order valence-corrected chi connectivity index (χ2v) is 3.95. The molecule has 0 atom stereocenters. The van der Waals surface area contributed by atoms with Crippen molar-refractivity contribution in [3.05, 3.63) is 47.2 Å². The number of carbonyl (C=O) groups excluding carboxylic acids is 1. The van der Waals surface area contributed by atoms with Gasteiger partial charge in [0.25, 0.3) is 5.91 Å². The number of hydrogen-bond acceptors (Lipinski definition) is 2. The summed E-state index contributed by atoms with van der Waals surface area (Å²) in [4.78, 5) is 11.6. The minimum atomic E-state index is -0.124. The Labute approximate surface area is 104 Å². The van der Waals surface area contributed by atoms with E-state index in [-0.39, 0.29) is 5.91 Å². The quantitative estimate of drug-likeness (QED) is 0.907. The van der Waals surface area contributed by atoms with E-state index in [2.05, 4.69) is 10.4 Å². The molecule has 1 aromatic carbocycles. The van der Waals surface area contributed by atoms with Gasteiger partial charge in [0.1, 0.15) is 0 Å². The van der Waals surface area contributed by atoms with Gasteiger partial charge in [-0.25, -0.2) is 4.68 Å². The zero-order valence-electron chi connectivity index (χ0n) is 9.35. The molecule has 0 fully saturated rings. The summed E-state index contributed by atoms with van der Waals surface area (Å²) >= 11 is 5.89. The fourth-order valence-corrected chi connectivity index (χ4v) is 1.65. The second kappa shape index (κ2) is 5.01. The molecule has 0 bridgehead atoms. The molecule has 0 aliphatic heterocycles. The number of amides is 1. The van der Waals surface area contributed by atoms with Gasteiger partial charge in [0.15, 0.2) is 0 Å². The van der Waals surface area contributed by atoms with Gasteiger partial charge in [-0.1, -0.05) is 17.7 Å². The summed E-state index contributed by atoms with van der Waals surface area (Å²) in [6.45, 7) is 2.47. The first-order chi connectivity index (χ1) is 8.20. The van der Waals surface area contributed by atoms with Crippen LogP contribution < -0.4 is 5.32 Å². The molecule has 0 unspecified atom stereocenters. The number of nitrogens with one attached hydrogen (secondary N) is 1. The SMILES string of the molecule is CCNC(=O)c1cnn(-c2cccc(Cl)c2)c1. The Hall–Kier alpha value is -1.81. The third kappa shape index (κ3) is 2.65. The lowest BCUT2D eigenvalue weighted by atomic mass is 10.3. The molecule has 17 heavy (non-hydrogen) atoms. The number of carbonyl (C=O) groups is 1. The van der Waals surface area contributed by atoms with Crippen molar-refractivity contribution in [2.24, 2.45) is 0 Å². The van der Waals surface area contributed by atoms with E-state index in [1.807, 2.05) is 19.1 Å². The van der Waals surface area contributed by atoms with Crippen LogP contribution in [0.5, 0.6) is 0 Å². The van der Waals surface area contributed by atoms with Crippen LogP contribution in [-0.2, 0) is 0 Å². The average Bonchev–Trinajstić information content (AvgIpc) is 2.78. The number of aromatic nitrogens is 2. The van der Waals surface area contributed by atoms with E-state index in [0.717, 1.165) is 5.69 Å². The van der Waals surface area contributed by atoms with Crippen LogP contribution in [0.25, 0.3) is 5.69 Å². The van der Waals surface area contributed by atoms with Crippen LogP contribution >= 0.6 is 11.6 Å². The van der Waals surface area contributed by atoms with E-state index >= 15 is 0 Å². The van der Waals surface area contributed by atoms with Gasteiger partial charge in [0.05, 0.1) is 17.4 Å². The highest BCUT2D eigenvalue weighted by Crippen LogP contribution is 2.14. The van der Waals surface area contributed by atoms with Gasteiger partial charge in [0.2, 0.25) is 0 Å². The Kier molecular flexibility index (Phi) is 3.44. The van der Waals surface area contributed by atoms with E-state index in [1.165, 1.54) is 6.20 Å². The van der Waals surface area contributed by atoms with Gasteiger partial charge in [0, 0.05) is 17.8 Å². The molecule has 0 saturated carbocycles. The molecule has 0 spiro atoms. The molecule has 0 aliphatic rings. The summed E-state index contributed by atoms with van der Waals surface area (Å²) in [5, 5.41) is 7.48. The Morgan fingerprint density at radius 3 is 3.06 bits per heavy atom. The van der Waals surface area contributed by atoms with E-state index < -0.39 is 0 Å². The molecule has 2 rings (SSSR count). The zero-order valence-corrected chi connectivity index (χ0v) is 10.1. The van der Waals surface area contributed by atoms with Gasteiger partial charge in [-0.3, -0.25) is 4.79 Å². The van der Waals surface area contributed by atoms with Crippen LogP contribution in [-0.4, -0.2) is 22.2 Å². The lowest BCUT2D eigenvalue weighted by Gasteiger charge is -2.01. The molecule has 0 radical (unpaired) electrons. The second-order valence-electron chi connectivity index (χ2n) is 3.51. The lowest BCUT2D eigenvalue weighted by molar-refractivity contribution is 0.0956. The molecular formula is C12H12ClN3O. The predicted molar refractivity (Wildman–Crippen MR) is 66.6 cm³/mol. The van der Waals surface area contributed by atoms with Gasteiger partial charge < -0.3 is 5.32 Å². The Balaban J connectivity index is 2.27. The lowest BCUT2D eigenvalue weighted by Crippen LogP contribution is -2.22. The van der Waals surface area contributed by atoms with E-state index in [1.54, 1.807) is 23.0 Å². The van der Waals surface area contributed by atoms with E-state index in [0.29, 0.717) is 17.1 Å². The fraction of sp³-hybridized carbons (Fsp3) is 0.167. The molecule has 0 saturated heterocycles. The summed E-state index contributed by atoms with van der Waals surface area (Å²) < 4.78 is 1.62. The highest BCUT2D eigenvalue weighted by Gasteiger charge is 2.08. The minimum Gasteiger partial charge on any atom is -0.352 e. The molecule has 1 N–H and O–H groups in total. The molecule has 88 valence electrons. The summed E-state index contributed by atoms with van der Waals surface area (Å²) in [5.41, 5.74) is 1.36. The van der Waals surface area contributed by atoms with E-state index in [9.17, 15) is 4.79 Å². The number of rotatable bonds is 3. The third-order valence-corrected chi connectivity index (χ3v) is 2.49. The van der Waals surface area contributed by atoms with Crippen LogP contribution in [0.4, 0.5) is 0 Å². The van der Waals surface area contributed by atoms with Gasteiger partial charge in [-0.2, -0.15) is 5.10 Å². The summed E-state index contributed by atoms with van der Waals surface area (Å²) in [6, 6.07) is 7.29. The molecule has 1 heterocycles. The Morgan fingerprint density at radius 2 is 2.35 bits per heavy atom. The summed E-state index contributed by atoms with van der Waals surface area (Å²) in [7, 11) is 0. The van der Waals surface area contributed by atoms with Gasteiger partial charge in [-0.05, 0) is 25.1 Å². The van der Waals surface area contributed by atoms with Crippen molar-refractivity contribution in [1.82, 2.24) is 15.1 Å². The Bertz CT molecular complexity index is 536. The van der Waals surface area contributed by atoms with Crippen molar-refractivity contribution in [1.29, 1.82) is 0 Å². The molecular weight excluding hydrogens is 238 g/mol. The molecule has 1 amide bonds. The zero-order chi connectivity index (χ0) is 12.3. The predicted octanol–water partition coefficient (Wildman–Crippen LogP) is 2.28. The number of nitrogens with zero attached hydrogens (tertiary/aromatic N) is 2. The molecule has 1 aromatic heterocycles. The maximum absolute atomic E-state index is 11.6. The van der Waals surface area contributed by atoms with E-state index in [4.69, 9.17) is 11.6 Å². The standard InChI is InChI=1S/C12H12ClN3O/c1-2-14-12(17)9-7-15-16(8-9)11-5-3-4-10(13)6-11/h3-8H,2H2,1H3,(H,14,17). The number of hydrogen-bond donors (Lipinski definition) is 1. The monoisotopic (exact) mass is 249 g/mol. The molecule has 2 aromatic rings. The fourth-order valence-electron chi connectivity index (χ4n) is 1.46.